The number of hydrogen-bond acceptors (Lipinski definition) is 6. The molecule has 2 N–H and O–H groups in total. The highest BCUT2D eigenvalue weighted by Gasteiger charge is 2.39. The highest BCUT2D eigenvalue weighted by atomic mass is 19.4. The van der Waals surface area contributed by atoms with E-state index in [-0.39, 0.29) is 32.1 Å². The fourth-order valence-corrected chi connectivity index (χ4v) is 2.67. The molecule has 0 aromatic carbocycles. The molecule has 0 unspecified atom stereocenters. The molecule has 1 heterocycles. The quantitative estimate of drug-likeness (QED) is 0.306. The van der Waals surface area contributed by atoms with E-state index in [0.717, 1.165) is 4.68 Å². The van der Waals surface area contributed by atoms with Gasteiger partial charge in [0, 0.05) is 38.6 Å². The second-order valence-electron chi connectivity index (χ2n) is 9.72. The number of ether oxygens (including phenoxy) is 2. The van der Waals surface area contributed by atoms with Crippen LogP contribution in [0.2, 0.25) is 0 Å². The Labute approximate surface area is 208 Å². The molecular formula is C22H35F3N6O5. The first-order valence-electron chi connectivity index (χ1n) is 11.4. The van der Waals surface area contributed by atoms with Gasteiger partial charge in [0.2, 0.25) is 5.96 Å². The van der Waals surface area contributed by atoms with Crippen LogP contribution in [0.15, 0.2) is 23.5 Å². The number of rotatable bonds is 8. The van der Waals surface area contributed by atoms with Crippen LogP contribution in [0.3, 0.4) is 0 Å². The third-order valence-corrected chi connectivity index (χ3v) is 3.98. The maximum Gasteiger partial charge on any atom is 0.473 e. The Kier molecular flexibility index (Phi) is 11.2. The van der Waals surface area contributed by atoms with Gasteiger partial charge in [0.15, 0.2) is 0 Å². The summed E-state index contributed by atoms with van der Waals surface area (Å²) in [5.41, 5.74) is -1.37. The number of amides is 3. The normalized spacial score (nSPS) is 12.6. The summed E-state index contributed by atoms with van der Waals surface area (Å²) in [5, 5.41) is 9.04. The van der Waals surface area contributed by atoms with E-state index in [1.807, 2.05) is 0 Å². The van der Waals surface area contributed by atoms with Gasteiger partial charge < -0.3 is 25.0 Å². The molecule has 1 aromatic heterocycles. The Morgan fingerprint density at radius 3 is 1.75 bits per heavy atom. The fourth-order valence-electron chi connectivity index (χ4n) is 2.67. The Morgan fingerprint density at radius 2 is 1.39 bits per heavy atom. The zero-order valence-corrected chi connectivity index (χ0v) is 21.4. The van der Waals surface area contributed by atoms with Gasteiger partial charge in [-0.15, -0.1) is 0 Å². The molecule has 0 saturated carbocycles. The van der Waals surface area contributed by atoms with Crippen LogP contribution in [-0.2, 0) is 14.3 Å². The maximum absolute atomic E-state index is 12.9. The van der Waals surface area contributed by atoms with Crippen molar-refractivity contribution < 1.29 is 37.0 Å². The van der Waals surface area contributed by atoms with Crippen LogP contribution in [0.25, 0.3) is 0 Å². The van der Waals surface area contributed by atoms with Gasteiger partial charge >= 0.3 is 24.3 Å². The number of nitrogens with zero attached hydrogens (tertiary/aromatic N) is 4. The minimum Gasteiger partial charge on any atom is -0.444 e. The number of carbonyl (C=O) groups is 3. The van der Waals surface area contributed by atoms with Gasteiger partial charge in [0.05, 0.1) is 0 Å². The lowest BCUT2D eigenvalue weighted by molar-refractivity contribution is -0.169. The number of alkyl halides is 3. The lowest BCUT2D eigenvalue weighted by atomic mass is 10.2. The van der Waals surface area contributed by atoms with E-state index >= 15 is 0 Å². The van der Waals surface area contributed by atoms with Crippen molar-refractivity contribution in [2.45, 2.75) is 71.8 Å². The van der Waals surface area contributed by atoms with Crippen molar-refractivity contribution in [2.24, 2.45) is 4.99 Å². The number of alkyl carbamates (subject to hydrolysis) is 2. The Morgan fingerprint density at radius 1 is 0.917 bits per heavy atom. The first-order valence-corrected chi connectivity index (χ1v) is 11.4. The van der Waals surface area contributed by atoms with E-state index in [1.54, 1.807) is 41.5 Å². The molecule has 11 nitrogen and oxygen atoms in total. The van der Waals surface area contributed by atoms with E-state index in [2.05, 4.69) is 20.7 Å². The van der Waals surface area contributed by atoms with E-state index in [9.17, 15) is 27.6 Å². The van der Waals surface area contributed by atoms with E-state index < -0.39 is 35.5 Å². The summed E-state index contributed by atoms with van der Waals surface area (Å²) in [7, 11) is 0. The van der Waals surface area contributed by atoms with E-state index in [1.165, 1.54) is 23.4 Å². The van der Waals surface area contributed by atoms with Gasteiger partial charge in [-0.05, 0) is 60.5 Å². The molecule has 0 spiro atoms. The van der Waals surface area contributed by atoms with Gasteiger partial charge in [-0.2, -0.15) is 23.3 Å². The standard InChI is InChI=1S/C22H35F3N6O5/c1-20(2,3)35-18(33)26-10-7-13-30(14-8-11-27-19(34)36-21(4,5)6)17(31-15-9-12-28-31)29-16(32)22(23,24)25/h9,12,15H,7-8,10-11,13-14H2,1-6H3,(H,26,33)(H,27,34)/b29-17-. The highest BCUT2D eigenvalue weighted by molar-refractivity contribution is 5.96. The predicted octanol–water partition coefficient (Wildman–Crippen LogP) is 3.31. The number of hydrogen-bond donors (Lipinski definition) is 2. The second kappa shape index (κ2) is 13.1. The van der Waals surface area contributed by atoms with Crippen LogP contribution in [0.1, 0.15) is 54.4 Å². The molecule has 0 atom stereocenters. The van der Waals surface area contributed by atoms with Gasteiger partial charge in [-0.25, -0.2) is 14.3 Å². The maximum atomic E-state index is 12.9. The molecule has 14 heteroatoms. The Balaban J connectivity index is 2.93. The topological polar surface area (TPSA) is 127 Å². The van der Waals surface area contributed by atoms with Crippen LogP contribution >= 0.6 is 0 Å². The zero-order chi connectivity index (χ0) is 27.6. The molecule has 36 heavy (non-hydrogen) atoms. The summed E-state index contributed by atoms with van der Waals surface area (Å²) in [6, 6.07) is 1.47. The second-order valence-corrected chi connectivity index (χ2v) is 9.72. The van der Waals surface area contributed by atoms with Crippen LogP contribution in [0.5, 0.6) is 0 Å². The lowest BCUT2D eigenvalue weighted by Gasteiger charge is -2.26. The summed E-state index contributed by atoms with van der Waals surface area (Å²) in [5.74, 6) is -2.62. The van der Waals surface area contributed by atoms with Gasteiger partial charge in [0.1, 0.15) is 11.2 Å². The predicted molar refractivity (Wildman–Crippen MR) is 125 cm³/mol. The smallest absolute Gasteiger partial charge is 0.444 e. The molecule has 0 bridgehead atoms. The summed E-state index contributed by atoms with van der Waals surface area (Å²) < 4.78 is 50.2. The van der Waals surface area contributed by atoms with Crippen LogP contribution < -0.4 is 10.6 Å². The number of carbonyl (C=O) groups excluding carboxylic acids is 3. The monoisotopic (exact) mass is 520 g/mol. The molecule has 0 aliphatic heterocycles. The minimum atomic E-state index is -5.17. The number of halogens is 3. The number of aliphatic imine (C=N–C) groups is 1. The van der Waals surface area contributed by atoms with Crippen molar-refractivity contribution in [1.29, 1.82) is 0 Å². The molecular weight excluding hydrogens is 485 g/mol. The molecule has 0 radical (unpaired) electrons. The van der Waals surface area contributed by atoms with Crippen molar-refractivity contribution in [3.63, 3.8) is 0 Å². The molecule has 0 aliphatic carbocycles. The molecule has 1 rings (SSSR count). The third kappa shape index (κ3) is 13.0. The average Bonchev–Trinajstić information content (AvgIpc) is 3.22. The molecule has 0 fully saturated rings. The zero-order valence-electron chi connectivity index (χ0n) is 21.4. The molecule has 0 aliphatic rings. The number of aromatic nitrogens is 2. The summed E-state index contributed by atoms with van der Waals surface area (Å²) in [6.07, 6.45) is -3.17. The summed E-state index contributed by atoms with van der Waals surface area (Å²) in [4.78, 5) is 40.0. The van der Waals surface area contributed by atoms with Crippen molar-refractivity contribution in [3.05, 3.63) is 18.5 Å². The SMILES string of the molecule is CC(C)(C)OC(=O)NCCCN(CCCNC(=O)OC(C)(C)C)/C(=N/C(=O)C(F)(F)F)n1cccn1. The molecule has 3 amide bonds. The summed E-state index contributed by atoms with van der Waals surface area (Å²) in [6.45, 7) is 10.8. The van der Waals surface area contributed by atoms with Crippen LogP contribution in [-0.4, -0.2) is 82.3 Å². The van der Waals surface area contributed by atoms with Gasteiger partial charge in [-0.1, -0.05) is 0 Å². The van der Waals surface area contributed by atoms with Crippen molar-refractivity contribution >= 4 is 24.1 Å². The van der Waals surface area contributed by atoms with Crippen molar-refractivity contribution in [2.75, 3.05) is 26.2 Å². The van der Waals surface area contributed by atoms with Crippen LogP contribution in [0.4, 0.5) is 22.8 Å². The number of nitrogens with one attached hydrogen (secondary N) is 2. The average molecular weight is 521 g/mol. The largest absolute Gasteiger partial charge is 0.473 e. The van der Waals surface area contributed by atoms with Crippen LogP contribution in [0, 0.1) is 0 Å². The Hall–Kier alpha value is -3.32. The minimum absolute atomic E-state index is 0.117. The lowest BCUT2D eigenvalue weighted by Crippen LogP contribution is -2.42. The first kappa shape index (κ1) is 30.7. The van der Waals surface area contributed by atoms with E-state index in [4.69, 9.17) is 9.47 Å². The van der Waals surface area contributed by atoms with E-state index in [0.29, 0.717) is 12.8 Å². The third-order valence-electron chi connectivity index (χ3n) is 3.98. The molecule has 0 saturated heterocycles. The highest BCUT2D eigenvalue weighted by Crippen LogP contribution is 2.17. The fraction of sp³-hybridized carbons (Fsp3) is 0.682. The summed E-state index contributed by atoms with van der Waals surface area (Å²) >= 11 is 0. The molecule has 1 aromatic rings. The van der Waals surface area contributed by atoms with Crippen molar-refractivity contribution in [1.82, 2.24) is 25.3 Å². The Bertz CT molecular complexity index is 853. The van der Waals surface area contributed by atoms with Crippen molar-refractivity contribution in [3.8, 4) is 0 Å². The first-order chi connectivity index (χ1) is 16.5. The molecule has 204 valence electrons. The van der Waals surface area contributed by atoms with Gasteiger partial charge in [-0.3, -0.25) is 4.79 Å². The van der Waals surface area contributed by atoms with Gasteiger partial charge in [0.25, 0.3) is 0 Å².